The lowest BCUT2D eigenvalue weighted by molar-refractivity contribution is 0.159. The predicted octanol–water partition coefficient (Wildman–Crippen LogP) is 5.48. The molecule has 0 fully saturated rings. The molecule has 1 atom stereocenters. The van der Waals surface area contributed by atoms with Gasteiger partial charge in [0, 0.05) is 29.7 Å². The van der Waals surface area contributed by atoms with Crippen LogP contribution in [-0.2, 0) is 19.6 Å². The molecule has 40 heavy (non-hydrogen) atoms. The van der Waals surface area contributed by atoms with Crippen molar-refractivity contribution in [2.45, 2.75) is 52.9 Å². The summed E-state index contributed by atoms with van der Waals surface area (Å²) in [6, 6.07) is 20.1. The van der Waals surface area contributed by atoms with Crippen molar-refractivity contribution >= 4 is 10.9 Å². The number of aromatic nitrogens is 5. The lowest BCUT2D eigenvalue weighted by Gasteiger charge is -2.30. The molecule has 0 saturated heterocycles. The molecule has 8 nitrogen and oxygen atoms in total. The van der Waals surface area contributed by atoms with Crippen LogP contribution in [0.25, 0.3) is 10.9 Å². The standard InChI is InChI=1S/C31H33FN6O2/c1-5-28(30-34-35-36-38(30)17-22-10-12-26(32)13-11-22)37(18-23-8-6-7-9-29(23)40-4)19-25-16-24-14-20(2)21(3)15-27(24)33-31(25)39/h6-16,28H,5,17-19H2,1-4H3,(H,33,39)/t28-/m1/s1. The van der Waals surface area contributed by atoms with Gasteiger partial charge in [-0.25, -0.2) is 9.07 Å². The number of aromatic amines is 1. The Kier molecular flexibility index (Phi) is 8.02. The summed E-state index contributed by atoms with van der Waals surface area (Å²) in [5, 5.41) is 13.6. The number of halogens is 1. The van der Waals surface area contributed by atoms with Crippen LogP contribution in [0.3, 0.4) is 0 Å². The Hall–Kier alpha value is -4.37. The maximum Gasteiger partial charge on any atom is 0.252 e. The molecule has 0 spiro atoms. The molecule has 2 aromatic heterocycles. The van der Waals surface area contributed by atoms with Crippen LogP contribution in [0.4, 0.5) is 4.39 Å². The largest absolute Gasteiger partial charge is 0.496 e. The summed E-state index contributed by atoms with van der Waals surface area (Å²) in [4.78, 5) is 18.6. The highest BCUT2D eigenvalue weighted by Gasteiger charge is 2.27. The Labute approximate surface area is 232 Å². The normalized spacial score (nSPS) is 12.2. The fourth-order valence-electron chi connectivity index (χ4n) is 5.12. The van der Waals surface area contributed by atoms with Crippen molar-refractivity contribution in [3.63, 3.8) is 0 Å². The molecule has 9 heteroatoms. The number of methoxy groups -OCH3 is 1. The van der Waals surface area contributed by atoms with Gasteiger partial charge in [-0.05, 0) is 89.2 Å². The number of para-hydroxylation sites is 1. The average molecular weight is 541 g/mol. The van der Waals surface area contributed by atoms with E-state index in [0.29, 0.717) is 37.4 Å². The van der Waals surface area contributed by atoms with Crippen molar-refractivity contribution in [2.75, 3.05) is 7.11 Å². The van der Waals surface area contributed by atoms with Gasteiger partial charge in [-0.3, -0.25) is 9.69 Å². The van der Waals surface area contributed by atoms with Crippen LogP contribution in [0.1, 0.15) is 53.0 Å². The first kappa shape index (κ1) is 27.2. The second-order valence-corrected chi connectivity index (χ2v) is 10.1. The summed E-state index contributed by atoms with van der Waals surface area (Å²) in [7, 11) is 1.65. The third-order valence-electron chi connectivity index (χ3n) is 7.41. The minimum atomic E-state index is -0.291. The first-order valence-electron chi connectivity index (χ1n) is 13.4. The van der Waals surface area contributed by atoms with Gasteiger partial charge in [0.25, 0.3) is 5.56 Å². The molecule has 0 saturated carbocycles. The molecule has 3 aromatic carbocycles. The lowest BCUT2D eigenvalue weighted by Crippen LogP contribution is -2.32. The van der Waals surface area contributed by atoms with Crippen molar-refractivity contribution in [3.8, 4) is 5.75 Å². The number of nitrogens with one attached hydrogen (secondary N) is 1. The molecule has 2 heterocycles. The highest BCUT2D eigenvalue weighted by atomic mass is 19.1. The third-order valence-corrected chi connectivity index (χ3v) is 7.41. The number of rotatable bonds is 10. The first-order valence-corrected chi connectivity index (χ1v) is 13.4. The van der Waals surface area contributed by atoms with Crippen molar-refractivity contribution in [2.24, 2.45) is 0 Å². The Bertz CT molecular complexity index is 1680. The number of nitrogens with zero attached hydrogens (tertiary/aromatic N) is 5. The quantitative estimate of drug-likeness (QED) is 0.252. The molecule has 5 aromatic rings. The highest BCUT2D eigenvalue weighted by Crippen LogP contribution is 2.29. The van der Waals surface area contributed by atoms with Gasteiger partial charge in [0.15, 0.2) is 5.82 Å². The number of tetrazole rings is 1. The maximum atomic E-state index is 13.5. The Morgan fingerprint density at radius 2 is 1.73 bits per heavy atom. The lowest BCUT2D eigenvalue weighted by atomic mass is 10.0. The van der Waals surface area contributed by atoms with E-state index in [-0.39, 0.29) is 17.4 Å². The van der Waals surface area contributed by atoms with Crippen LogP contribution in [-0.4, -0.2) is 37.2 Å². The van der Waals surface area contributed by atoms with Gasteiger partial charge in [0.2, 0.25) is 0 Å². The molecule has 0 aliphatic carbocycles. The van der Waals surface area contributed by atoms with Gasteiger partial charge in [-0.15, -0.1) is 5.10 Å². The fourth-order valence-corrected chi connectivity index (χ4v) is 5.12. The number of ether oxygens (including phenoxy) is 1. The second kappa shape index (κ2) is 11.8. The smallest absolute Gasteiger partial charge is 0.252 e. The van der Waals surface area contributed by atoms with Crippen molar-refractivity contribution < 1.29 is 9.13 Å². The van der Waals surface area contributed by atoms with E-state index in [9.17, 15) is 9.18 Å². The van der Waals surface area contributed by atoms with E-state index in [1.165, 1.54) is 17.7 Å². The second-order valence-electron chi connectivity index (χ2n) is 10.1. The van der Waals surface area contributed by atoms with Crippen molar-refractivity contribution in [1.29, 1.82) is 0 Å². The zero-order chi connectivity index (χ0) is 28.2. The fraction of sp³-hybridized carbons (Fsp3) is 0.290. The van der Waals surface area contributed by atoms with Crippen LogP contribution >= 0.6 is 0 Å². The Morgan fingerprint density at radius 1 is 1.00 bits per heavy atom. The van der Waals surface area contributed by atoms with Gasteiger partial charge in [-0.2, -0.15) is 0 Å². The summed E-state index contributed by atoms with van der Waals surface area (Å²) < 4.78 is 20.9. The number of aryl methyl sites for hydroxylation is 2. The number of hydrogen-bond acceptors (Lipinski definition) is 6. The number of benzene rings is 3. The molecule has 206 valence electrons. The van der Waals surface area contributed by atoms with E-state index in [0.717, 1.165) is 33.3 Å². The predicted molar refractivity (Wildman–Crippen MR) is 153 cm³/mol. The summed E-state index contributed by atoms with van der Waals surface area (Å²) in [6.07, 6.45) is 0.697. The molecule has 0 amide bonds. The topological polar surface area (TPSA) is 88.9 Å². The van der Waals surface area contributed by atoms with Crippen LogP contribution in [0, 0.1) is 19.7 Å². The molecule has 1 N–H and O–H groups in total. The number of pyridine rings is 1. The molecular weight excluding hydrogens is 507 g/mol. The summed E-state index contributed by atoms with van der Waals surface area (Å²) in [5.74, 6) is 1.15. The highest BCUT2D eigenvalue weighted by molar-refractivity contribution is 5.80. The van der Waals surface area contributed by atoms with E-state index in [4.69, 9.17) is 4.74 Å². The van der Waals surface area contributed by atoms with Gasteiger partial charge >= 0.3 is 0 Å². The molecule has 0 radical (unpaired) electrons. The minimum absolute atomic E-state index is 0.124. The molecule has 0 bridgehead atoms. The SMILES string of the molecule is CC[C@H](c1nnnn1Cc1ccc(F)cc1)N(Cc1ccccc1OC)Cc1cc2cc(C)c(C)cc2[nH]c1=O. The summed E-state index contributed by atoms with van der Waals surface area (Å²) >= 11 is 0. The average Bonchev–Trinajstić information content (AvgIpc) is 3.40. The molecule has 0 aliphatic rings. The van der Waals surface area contributed by atoms with E-state index >= 15 is 0 Å². The number of H-pyrrole nitrogens is 1. The summed E-state index contributed by atoms with van der Waals surface area (Å²) in [5.41, 5.74) is 5.53. The molecular formula is C31H33FN6O2. The third kappa shape index (κ3) is 5.79. The van der Waals surface area contributed by atoms with Gasteiger partial charge in [0.05, 0.1) is 19.7 Å². The van der Waals surface area contributed by atoms with Crippen LogP contribution in [0.2, 0.25) is 0 Å². The Balaban J connectivity index is 1.55. The molecule has 0 aliphatic heterocycles. The minimum Gasteiger partial charge on any atom is -0.496 e. The monoisotopic (exact) mass is 540 g/mol. The van der Waals surface area contributed by atoms with Crippen molar-refractivity contribution in [1.82, 2.24) is 30.1 Å². The molecule has 5 rings (SSSR count). The zero-order valence-corrected chi connectivity index (χ0v) is 23.2. The van der Waals surface area contributed by atoms with Gasteiger partial charge in [0.1, 0.15) is 11.6 Å². The van der Waals surface area contributed by atoms with Gasteiger partial charge in [-0.1, -0.05) is 37.3 Å². The van der Waals surface area contributed by atoms with Crippen molar-refractivity contribution in [3.05, 3.63) is 117 Å². The number of hydrogen-bond donors (Lipinski definition) is 1. The van der Waals surface area contributed by atoms with E-state index < -0.39 is 0 Å². The Morgan fingerprint density at radius 3 is 2.48 bits per heavy atom. The van der Waals surface area contributed by atoms with Gasteiger partial charge < -0.3 is 9.72 Å². The zero-order valence-electron chi connectivity index (χ0n) is 23.2. The maximum absolute atomic E-state index is 13.5. The number of fused-ring (bicyclic) bond motifs is 1. The van der Waals surface area contributed by atoms with E-state index in [2.05, 4.69) is 45.3 Å². The van der Waals surface area contributed by atoms with Crippen LogP contribution in [0.15, 0.2) is 71.5 Å². The molecule has 0 unspecified atom stereocenters. The van der Waals surface area contributed by atoms with Crippen LogP contribution in [0.5, 0.6) is 5.75 Å². The van der Waals surface area contributed by atoms with E-state index in [1.54, 1.807) is 23.9 Å². The van der Waals surface area contributed by atoms with E-state index in [1.807, 2.05) is 43.3 Å². The summed E-state index contributed by atoms with van der Waals surface area (Å²) in [6.45, 7) is 7.47. The van der Waals surface area contributed by atoms with Crippen LogP contribution < -0.4 is 10.3 Å². The first-order chi connectivity index (χ1) is 19.4.